The Labute approximate surface area is 416 Å². The zero-order chi connectivity index (χ0) is 48.8. The van der Waals surface area contributed by atoms with Gasteiger partial charge in [0.2, 0.25) is 5.91 Å². The largest absolute Gasteiger partial charge is 0.462 e. The molecule has 6 heteroatoms. The van der Waals surface area contributed by atoms with E-state index in [0.29, 0.717) is 19.3 Å². The van der Waals surface area contributed by atoms with Crippen molar-refractivity contribution in [3.05, 3.63) is 60.8 Å². The van der Waals surface area contributed by atoms with Crippen LogP contribution in [-0.2, 0) is 14.3 Å². The third kappa shape index (κ3) is 49.8. The van der Waals surface area contributed by atoms with Crippen molar-refractivity contribution < 1.29 is 24.5 Å². The predicted molar refractivity (Wildman–Crippen MR) is 292 cm³/mol. The molecule has 0 aromatic rings. The molecule has 0 saturated carbocycles. The van der Waals surface area contributed by atoms with Crippen molar-refractivity contribution in [2.75, 3.05) is 6.61 Å². The van der Waals surface area contributed by atoms with E-state index in [2.05, 4.69) is 62.5 Å². The molecule has 0 fully saturated rings. The number of rotatable bonds is 52. The van der Waals surface area contributed by atoms with E-state index >= 15 is 0 Å². The van der Waals surface area contributed by atoms with Gasteiger partial charge in [-0.15, -0.1) is 0 Å². The first-order valence-electron chi connectivity index (χ1n) is 29.1. The van der Waals surface area contributed by atoms with E-state index in [-0.39, 0.29) is 24.9 Å². The average molecular weight is 939 g/mol. The molecule has 0 heterocycles. The number of nitrogens with one attached hydrogen (secondary N) is 1. The van der Waals surface area contributed by atoms with Gasteiger partial charge in [0, 0.05) is 6.42 Å². The lowest BCUT2D eigenvalue weighted by atomic mass is 10.0. The summed E-state index contributed by atoms with van der Waals surface area (Å²) < 4.78 is 5.94. The zero-order valence-corrected chi connectivity index (χ0v) is 44.5. The Morgan fingerprint density at radius 2 is 0.821 bits per heavy atom. The molecule has 0 spiro atoms. The number of hydrogen-bond acceptors (Lipinski definition) is 5. The number of hydrogen-bond donors (Lipinski definition) is 3. The number of unbranched alkanes of at least 4 members (excludes halogenated alkanes) is 33. The molecule has 1 amide bonds. The van der Waals surface area contributed by atoms with Crippen LogP contribution < -0.4 is 5.32 Å². The molecule has 67 heavy (non-hydrogen) atoms. The minimum Gasteiger partial charge on any atom is -0.462 e. The second-order valence-electron chi connectivity index (χ2n) is 19.8. The second kappa shape index (κ2) is 54.5. The number of carbonyl (C=O) groups excluding carboxylic acids is 2. The first-order chi connectivity index (χ1) is 33.0. The average Bonchev–Trinajstić information content (AvgIpc) is 3.32. The third-order valence-electron chi connectivity index (χ3n) is 13.2. The molecule has 0 radical (unpaired) electrons. The second-order valence-corrected chi connectivity index (χ2v) is 19.8. The van der Waals surface area contributed by atoms with Crippen LogP contribution in [0, 0.1) is 0 Å². The van der Waals surface area contributed by atoms with E-state index in [9.17, 15) is 19.8 Å². The van der Waals surface area contributed by atoms with Crippen LogP contribution in [0.25, 0.3) is 0 Å². The summed E-state index contributed by atoms with van der Waals surface area (Å²) in [5.41, 5.74) is 0. The molecule has 0 saturated heterocycles. The minimum atomic E-state index is -0.802. The summed E-state index contributed by atoms with van der Waals surface area (Å²) in [4.78, 5) is 26.3. The quantitative estimate of drug-likeness (QED) is 0.0244. The molecule has 0 rings (SSSR count). The Morgan fingerprint density at radius 3 is 1.28 bits per heavy atom. The van der Waals surface area contributed by atoms with Crippen molar-refractivity contribution in [2.45, 2.75) is 309 Å². The minimum absolute atomic E-state index is 0.0480. The maximum atomic E-state index is 13.3. The van der Waals surface area contributed by atoms with Gasteiger partial charge in [-0.1, -0.05) is 268 Å². The van der Waals surface area contributed by atoms with E-state index in [0.717, 1.165) is 77.0 Å². The van der Waals surface area contributed by atoms with Crippen molar-refractivity contribution >= 4 is 11.9 Å². The molecule has 3 N–H and O–H groups in total. The maximum Gasteiger partial charge on any atom is 0.306 e. The topological polar surface area (TPSA) is 95.9 Å². The number of esters is 1. The van der Waals surface area contributed by atoms with E-state index < -0.39 is 18.2 Å². The smallest absolute Gasteiger partial charge is 0.306 e. The normalized spacial score (nSPS) is 13.6. The molecule has 390 valence electrons. The van der Waals surface area contributed by atoms with Gasteiger partial charge in [-0.05, 0) is 70.6 Å². The Bertz CT molecular complexity index is 1190. The standard InChI is InChI=1S/C61H111NO5/c1-4-7-10-13-16-19-22-25-27-29-31-33-36-39-42-45-48-51-54-61(66)67-57(52-49-46-43-40-37-34-24-21-18-15-12-9-6-3)55-60(65)62-58(56-63)59(64)53-50-47-44-41-38-35-32-30-28-26-23-20-17-14-11-8-5-2/h9,12,15,18,21,24,31,33-34,37,57-59,63-64H,4-8,10-11,13-14,16-17,19-20,22-23,25-30,32,35-36,38-56H2,1-3H3,(H,62,65)/b12-9+,18-15+,24-21+,33-31+,37-34-. The highest BCUT2D eigenvalue weighted by Crippen LogP contribution is 2.18. The molecule has 3 unspecified atom stereocenters. The van der Waals surface area contributed by atoms with Gasteiger partial charge in [0.1, 0.15) is 6.10 Å². The molecule has 0 aliphatic rings. The lowest BCUT2D eigenvalue weighted by molar-refractivity contribution is -0.151. The highest BCUT2D eigenvalue weighted by Gasteiger charge is 2.24. The van der Waals surface area contributed by atoms with Crippen LogP contribution in [-0.4, -0.2) is 46.9 Å². The van der Waals surface area contributed by atoms with E-state index in [1.807, 2.05) is 24.3 Å². The summed E-state index contributed by atoms with van der Waals surface area (Å²) in [6.07, 6.45) is 68.6. The number of carbonyl (C=O) groups is 2. The van der Waals surface area contributed by atoms with Crippen molar-refractivity contribution in [1.82, 2.24) is 5.32 Å². The van der Waals surface area contributed by atoms with Crippen molar-refractivity contribution in [2.24, 2.45) is 0 Å². The predicted octanol–water partition coefficient (Wildman–Crippen LogP) is 18.0. The van der Waals surface area contributed by atoms with Crippen LogP contribution in [0.4, 0.5) is 0 Å². The van der Waals surface area contributed by atoms with E-state index in [4.69, 9.17) is 4.74 Å². The van der Waals surface area contributed by atoms with Gasteiger partial charge in [-0.2, -0.15) is 0 Å². The number of ether oxygens (including phenoxy) is 1. The van der Waals surface area contributed by atoms with Gasteiger partial charge < -0.3 is 20.3 Å². The van der Waals surface area contributed by atoms with Gasteiger partial charge in [0.15, 0.2) is 0 Å². The summed E-state index contributed by atoms with van der Waals surface area (Å²) in [5.74, 6) is -0.516. The highest BCUT2D eigenvalue weighted by molar-refractivity contribution is 5.77. The van der Waals surface area contributed by atoms with Crippen molar-refractivity contribution in [3.63, 3.8) is 0 Å². The number of amides is 1. The van der Waals surface area contributed by atoms with E-state index in [1.54, 1.807) is 0 Å². The fraction of sp³-hybridized carbons (Fsp3) is 0.803. The summed E-state index contributed by atoms with van der Waals surface area (Å²) in [7, 11) is 0. The number of allylic oxidation sites excluding steroid dienone is 10. The molecule has 6 nitrogen and oxygen atoms in total. The lowest BCUT2D eigenvalue weighted by Gasteiger charge is -2.24. The Hall–Kier alpha value is -2.44. The first-order valence-corrected chi connectivity index (χ1v) is 29.1. The third-order valence-corrected chi connectivity index (χ3v) is 13.2. The summed E-state index contributed by atoms with van der Waals surface area (Å²) in [6.45, 7) is 6.36. The Kier molecular flexibility index (Phi) is 52.5. The molecular weight excluding hydrogens is 827 g/mol. The summed E-state index contributed by atoms with van der Waals surface area (Å²) in [5, 5.41) is 23.9. The maximum absolute atomic E-state index is 13.3. The monoisotopic (exact) mass is 938 g/mol. The molecule has 0 aromatic heterocycles. The van der Waals surface area contributed by atoms with Crippen LogP contribution in [0.5, 0.6) is 0 Å². The van der Waals surface area contributed by atoms with Gasteiger partial charge in [-0.3, -0.25) is 9.59 Å². The number of aliphatic hydroxyl groups is 2. The van der Waals surface area contributed by atoms with E-state index in [1.165, 1.54) is 167 Å². The van der Waals surface area contributed by atoms with Gasteiger partial charge >= 0.3 is 5.97 Å². The zero-order valence-electron chi connectivity index (χ0n) is 44.5. The fourth-order valence-corrected chi connectivity index (χ4v) is 8.79. The van der Waals surface area contributed by atoms with Crippen molar-refractivity contribution in [1.29, 1.82) is 0 Å². The number of aliphatic hydroxyl groups excluding tert-OH is 2. The summed E-state index contributed by atoms with van der Waals surface area (Å²) in [6, 6.07) is -0.718. The first kappa shape index (κ1) is 64.6. The molecular formula is C61H111NO5. The molecule has 0 aromatic carbocycles. The van der Waals surface area contributed by atoms with Crippen LogP contribution in [0.3, 0.4) is 0 Å². The summed E-state index contributed by atoms with van der Waals surface area (Å²) >= 11 is 0. The van der Waals surface area contributed by atoms with Crippen LogP contribution in [0.1, 0.15) is 290 Å². The fourth-order valence-electron chi connectivity index (χ4n) is 8.79. The molecule has 3 atom stereocenters. The molecule has 0 aliphatic heterocycles. The van der Waals surface area contributed by atoms with Crippen LogP contribution in [0.2, 0.25) is 0 Å². The van der Waals surface area contributed by atoms with Crippen LogP contribution >= 0.6 is 0 Å². The van der Waals surface area contributed by atoms with Crippen LogP contribution in [0.15, 0.2) is 60.8 Å². The van der Waals surface area contributed by atoms with Gasteiger partial charge in [-0.25, -0.2) is 0 Å². The van der Waals surface area contributed by atoms with Gasteiger partial charge in [0.05, 0.1) is 25.2 Å². The molecule has 0 bridgehead atoms. The highest BCUT2D eigenvalue weighted by atomic mass is 16.5. The molecule has 0 aliphatic carbocycles. The Morgan fingerprint density at radius 1 is 0.448 bits per heavy atom. The lowest BCUT2D eigenvalue weighted by Crippen LogP contribution is -2.46. The van der Waals surface area contributed by atoms with Crippen molar-refractivity contribution in [3.8, 4) is 0 Å². The Balaban J connectivity index is 4.54. The van der Waals surface area contributed by atoms with Gasteiger partial charge in [0.25, 0.3) is 0 Å². The SMILES string of the molecule is CC/C=C/C=C/C=C/C=C\CCCCCC(CC(=O)NC(CO)C(O)CCCCCCCCCCCCCCCCCCC)OC(=O)CCCCCCC/C=C/CCCCCCCCCCC.